The smallest absolute Gasteiger partial charge is 0.224 e. The zero-order valence-corrected chi connectivity index (χ0v) is 12.1. The van der Waals surface area contributed by atoms with Gasteiger partial charge in [-0.25, -0.2) is 0 Å². The fourth-order valence-electron chi connectivity index (χ4n) is 2.39. The van der Waals surface area contributed by atoms with Crippen molar-refractivity contribution in [2.45, 2.75) is 48.1 Å². The number of amides is 1. The summed E-state index contributed by atoms with van der Waals surface area (Å²) in [6.45, 7) is 12.4. The average molecular weight is 253 g/mol. The van der Waals surface area contributed by atoms with Gasteiger partial charge in [-0.3, -0.25) is 4.79 Å². The van der Waals surface area contributed by atoms with Crippen molar-refractivity contribution < 1.29 is 9.32 Å². The van der Waals surface area contributed by atoms with E-state index in [9.17, 15) is 4.79 Å². The maximum Gasteiger partial charge on any atom is 0.224 e. The monoisotopic (exact) mass is 253 g/mol. The second kappa shape index (κ2) is 5.50. The molecule has 0 aliphatic heterocycles. The number of aromatic nitrogens is 2. The molecule has 0 aliphatic rings. The van der Waals surface area contributed by atoms with Crippen LogP contribution in [0.15, 0.2) is 4.52 Å². The number of aryl methyl sites for hydroxylation is 1. The van der Waals surface area contributed by atoms with Crippen molar-refractivity contribution in [2.75, 3.05) is 0 Å². The third-order valence-corrected chi connectivity index (χ3v) is 2.87. The fraction of sp³-hybridized carbons (Fsp3) is 0.769. The van der Waals surface area contributed by atoms with Gasteiger partial charge >= 0.3 is 0 Å². The van der Waals surface area contributed by atoms with E-state index in [0.29, 0.717) is 18.3 Å². The van der Waals surface area contributed by atoms with Gasteiger partial charge in [-0.05, 0) is 11.3 Å². The van der Waals surface area contributed by atoms with E-state index < -0.39 is 0 Å². The largest absolute Gasteiger partial charge is 0.348 e. The number of hydrogen-bond donors (Lipinski definition) is 1. The van der Waals surface area contributed by atoms with Crippen molar-refractivity contribution in [1.82, 2.24) is 15.5 Å². The quantitative estimate of drug-likeness (QED) is 0.894. The van der Waals surface area contributed by atoms with E-state index in [1.54, 1.807) is 6.92 Å². The third-order valence-electron chi connectivity index (χ3n) is 2.87. The minimum Gasteiger partial charge on any atom is -0.348 e. The molecule has 0 bridgehead atoms. The van der Waals surface area contributed by atoms with Gasteiger partial charge in [0, 0.05) is 12.8 Å². The van der Waals surface area contributed by atoms with Gasteiger partial charge in [-0.2, -0.15) is 4.98 Å². The highest BCUT2D eigenvalue weighted by Gasteiger charge is 2.33. The van der Waals surface area contributed by atoms with Crippen LogP contribution < -0.4 is 5.32 Å². The van der Waals surface area contributed by atoms with Crippen LogP contribution in [0.2, 0.25) is 0 Å². The Morgan fingerprint density at radius 3 is 2.39 bits per heavy atom. The van der Waals surface area contributed by atoms with Gasteiger partial charge in [0.1, 0.15) is 0 Å². The highest BCUT2D eigenvalue weighted by Crippen LogP contribution is 2.32. The van der Waals surface area contributed by atoms with Gasteiger partial charge in [0.05, 0.1) is 6.54 Å². The normalized spacial score (nSPS) is 13.7. The first kappa shape index (κ1) is 14.7. The Labute approximate surface area is 108 Å². The molecular formula is C13H23N3O2. The van der Waals surface area contributed by atoms with Crippen molar-refractivity contribution >= 4 is 5.91 Å². The van der Waals surface area contributed by atoms with Crippen LogP contribution >= 0.6 is 0 Å². The SMILES string of the molecule is Cc1nc(CNC(=O)C(C(C)C)C(C)(C)C)no1. The highest BCUT2D eigenvalue weighted by atomic mass is 16.5. The van der Waals surface area contributed by atoms with Crippen LogP contribution in [0.3, 0.4) is 0 Å². The van der Waals surface area contributed by atoms with Crippen LogP contribution in [0, 0.1) is 24.2 Å². The number of carbonyl (C=O) groups excluding carboxylic acids is 1. The minimum atomic E-state index is -0.0641. The summed E-state index contributed by atoms with van der Waals surface area (Å²) in [5.41, 5.74) is -0.0641. The minimum absolute atomic E-state index is 0.0366. The first-order valence-corrected chi connectivity index (χ1v) is 6.28. The van der Waals surface area contributed by atoms with E-state index in [-0.39, 0.29) is 23.2 Å². The Balaban J connectivity index is 2.63. The Bertz CT molecular complexity index is 405. The summed E-state index contributed by atoms with van der Waals surface area (Å²) in [6, 6.07) is 0. The summed E-state index contributed by atoms with van der Waals surface area (Å²) in [4.78, 5) is 16.3. The number of carbonyl (C=O) groups is 1. The van der Waals surface area contributed by atoms with E-state index in [0.717, 1.165) is 0 Å². The first-order chi connectivity index (χ1) is 8.21. The van der Waals surface area contributed by atoms with Crippen LogP contribution in [-0.2, 0) is 11.3 Å². The molecule has 1 aromatic rings. The fourth-order valence-corrected chi connectivity index (χ4v) is 2.39. The second-order valence-corrected chi connectivity index (χ2v) is 6.04. The second-order valence-electron chi connectivity index (χ2n) is 6.04. The molecule has 5 nitrogen and oxygen atoms in total. The lowest BCUT2D eigenvalue weighted by Gasteiger charge is -2.32. The van der Waals surface area contributed by atoms with E-state index in [2.05, 4.69) is 50.1 Å². The molecule has 1 atom stereocenters. The predicted molar refractivity (Wildman–Crippen MR) is 68.7 cm³/mol. The maximum absolute atomic E-state index is 12.2. The van der Waals surface area contributed by atoms with Gasteiger partial charge < -0.3 is 9.84 Å². The molecule has 5 heteroatoms. The third kappa shape index (κ3) is 3.82. The summed E-state index contributed by atoms with van der Waals surface area (Å²) >= 11 is 0. The molecule has 0 spiro atoms. The van der Waals surface area contributed by atoms with Crippen LogP contribution in [-0.4, -0.2) is 16.0 Å². The molecule has 18 heavy (non-hydrogen) atoms. The molecule has 0 fully saturated rings. The van der Waals surface area contributed by atoms with Crippen molar-refractivity contribution in [3.63, 3.8) is 0 Å². The Morgan fingerprint density at radius 2 is 2.00 bits per heavy atom. The van der Waals surface area contributed by atoms with Gasteiger partial charge in [0.25, 0.3) is 0 Å². The molecule has 0 aromatic carbocycles. The Kier molecular flexibility index (Phi) is 4.48. The van der Waals surface area contributed by atoms with Gasteiger partial charge in [-0.15, -0.1) is 0 Å². The summed E-state index contributed by atoms with van der Waals surface area (Å²) in [7, 11) is 0. The summed E-state index contributed by atoms with van der Waals surface area (Å²) in [6.07, 6.45) is 0. The summed E-state index contributed by atoms with van der Waals surface area (Å²) in [5, 5.41) is 6.63. The molecular weight excluding hydrogens is 230 g/mol. The van der Waals surface area contributed by atoms with Crippen molar-refractivity contribution in [2.24, 2.45) is 17.3 Å². The van der Waals surface area contributed by atoms with E-state index in [1.165, 1.54) is 0 Å². The number of rotatable bonds is 4. The lowest BCUT2D eigenvalue weighted by atomic mass is 9.74. The maximum atomic E-state index is 12.2. The van der Waals surface area contributed by atoms with Crippen LogP contribution in [0.5, 0.6) is 0 Å². The molecule has 1 unspecified atom stereocenters. The lowest BCUT2D eigenvalue weighted by Crippen LogP contribution is -2.40. The van der Waals surface area contributed by atoms with E-state index in [1.807, 2.05) is 0 Å². The van der Waals surface area contributed by atoms with E-state index in [4.69, 9.17) is 4.52 Å². The molecule has 1 N–H and O–H groups in total. The summed E-state index contributed by atoms with van der Waals surface area (Å²) in [5.74, 6) is 1.32. The van der Waals surface area contributed by atoms with Crippen LogP contribution in [0.1, 0.15) is 46.3 Å². The number of nitrogens with one attached hydrogen (secondary N) is 1. The van der Waals surface area contributed by atoms with Gasteiger partial charge in [0.15, 0.2) is 5.82 Å². The standard InChI is InChI=1S/C13H23N3O2/c1-8(2)11(13(4,5)6)12(17)14-7-10-15-9(3)18-16-10/h8,11H,7H2,1-6H3,(H,14,17). The van der Waals surface area contributed by atoms with Gasteiger partial charge in [0.2, 0.25) is 11.8 Å². The zero-order valence-electron chi connectivity index (χ0n) is 12.1. The predicted octanol–water partition coefficient (Wildman–Crippen LogP) is 2.31. The molecule has 1 rings (SSSR count). The van der Waals surface area contributed by atoms with E-state index >= 15 is 0 Å². The van der Waals surface area contributed by atoms with Crippen LogP contribution in [0.25, 0.3) is 0 Å². The Morgan fingerprint density at radius 1 is 1.39 bits per heavy atom. The van der Waals surface area contributed by atoms with Crippen molar-refractivity contribution in [3.05, 3.63) is 11.7 Å². The molecule has 102 valence electrons. The van der Waals surface area contributed by atoms with Gasteiger partial charge in [-0.1, -0.05) is 39.8 Å². The van der Waals surface area contributed by atoms with Crippen molar-refractivity contribution in [1.29, 1.82) is 0 Å². The lowest BCUT2D eigenvalue weighted by molar-refractivity contribution is -0.130. The number of hydrogen-bond acceptors (Lipinski definition) is 4. The zero-order chi connectivity index (χ0) is 13.9. The summed E-state index contributed by atoms with van der Waals surface area (Å²) < 4.78 is 4.86. The molecule has 1 aromatic heterocycles. The Hall–Kier alpha value is -1.39. The first-order valence-electron chi connectivity index (χ1n) is 6.28. The van der Waals surface area contributed by atoms with Crippen LogP contribution in [0.4, 0.5) is 0 Å². The topological polar surface area (TPSA) is 68.0 Å². The molecule has 0 aliphatic carbocycles. The molecule has 0 saturated heterocycles. The average Bonchev–Trinajstić information content (AvgIpc) is 2.58. The molecule has 1 amide bonds. The highest BCUT2D eigenvalue weighted by molar-refractivity contribution is 5.79. The van der Waals surface area contributed by atoms with Crippen molar-refractivity contribution in [3.8, 4) is 0 Å². The molecule has 0 saturated carbocycles. The molecule has 1 heterocycles. The number of nitrogens with zero attached hydrogens (tertiary/aromatic N) is 2. The molecule has 0 radical (unpaired) electrons.